The molecule has 0 radical (unpaired) electrons. The average molecular weight is 270 g/mol. The molecule has 19 heavy (non-hydrogen) atoms. The second kappa shape index (κ2) is 5.73. The molecule has 0 fully saturated rings. The van der Waals surface area contributed by atoms with Crippen molar-refractivity contribution >= 4 is 0 Å². The highest BCUT2D eigenvalue weighted by atomic mass is 19.3. The first-order valence-electron chi connectivity index (χ1n) is 5.53. The SMILES string of the molecule is Fc1ccc(OC(F)F)c(Cc2ccccc2)c1F. The largest absolute Gasteiger partial charge is 0.434 e. The summed E-state index contributed by atoms with van der Waals surface area (Å²) in [6, 6.07) is 10.4. The summed E-state index contributed by atoms with van der Waals surface area (Å²) in [5.74, 6) is -2.60. The van der Waals surface area contributed by atoms with Gasteiger partial charge in [-0.3, -0.25) is 0 Å². The van der Waals surface area contributed by atoms with E-state index in [1.165, 1.54) is 0 Å². The molecule has 0 bridgehead atoms. The molecule has 0 atom stereocenters. The Balaban J connectivity index is 2.38. The summed E-state index contributed by atoms with van der Waals surface area (Å²) in [6.45, 7) is -3.08. The molecule has 0 aliphatic rings. The smallest absolute Gasteiger partial charge is 0.387 e. The molecule has 0 spiro atoms. The fourth-order valence-corrected chi connectivity index (χ4v) is 1.75. The normalized spacial score (nSPS) is 10.8. The molecule has 0 aliphatic carbocycles. The minimum Gasteiger partial charge on any atom is -0.434 e. The van der Waals surface area contributed by atoms with Gasteiger partial charge in [-0.15, -0.1) is 0 Å². The third-order valence-corrected chi connectivity index (χ3v) is 2.59. The van der Waals surface area contributed by atoms with E-state index < -0.39 is 18.2 Å². The van der Waals surface area contributed by atoms with Crippen LogP contribution in [-0.2, 0) is 6.42 Å². The Morgan fingerprint density at radius 1 is 0.947 bits per heavy atom. The van der Waals surface area contributed by atoms with Crippen molar-refractivity contribution in [2.75, 3.05) is 0 Å². The highest BCUT2D eigenvalue weighted by Crippen LogP contribution is 2.27. The maximum atomic E-state index is 13.7. The van der Waals surface area contributed by atoms with Crippen molar-refractivity contribution in [1.82, 2.24) is 0 Å². The van der Waals surface area contributed by atoms with Gasteiger partial charge in [0.2, 0.25) is 0 Å². The van der Waals surface area contributed by atoms with E-state index in [-0.39, 0.29) is 17.7 Å². The zero-order chi connectivity index (χ0) is 13.8. The first-order valence-corrected chi connectivity index (χ1v) is 5.53. The topological polar surface area (TPSA) is 9.23 Å². The minimum atomic E-state index is -3.08. The van der Waals surface area contributed by atoms with Crippen LogP contribution in [0.5, 0.6) is 5.75 Å². The Morgan fingerprint density at radius 2 is 1.63 bits per heavy atom. The predicted molar refractivity (Wildman–Crippen MR) is 62.2 cm³/mol. The van der Waals surface area contributed by atoms with Gasteiger partial charge >= 0.3 is 6.61 Å². The third kappa shape index (κ3) is 3.24. The Bertz CT molecular complexity index is 555. The van der Waals surface area contributed by atoms with E-state index in [9.17, 15) is 17.6 Å². The molecule has 5 heteroatoms. The molecule has 100 valence electrons. The lowest BCUT2D eigenvalue weighted by molar-refractivity contribution is -0.0506. The Morgan fingerprint density at radius 3 is 2.26 bits per heavy atom. The number of rotatable bonds is 4. The summed E-state index contributed by atoms with van der Waals surface area (Å²) in [5.41, 5.74) is 0.456. The summed E-state index contributed by atoms with van der Waals surface area (Å²) in [4.78, 5) is 0. The number of ether oxygens (including phenoxy) is 1. The van der Waals surface area contributed by atoms with Gasteiger partial charge < -0.3 is 4.74 Å². The van der Waals surface area contributed by atoms with Gasteiger partial charge in [-0.1, -0.05) is 30.3 Å². The molecule has 0 unspecified atom stereocenters. The maximum absolute atomic E-state index is 13.7. The molecule has 0 aliphatic heterocycles. The van der Waals surface area contributed by atoms with Crippen molar-refractivity contribution in [2.24, 2.45) is 0 Å². The highest BCUT2D eigenvalue weighted by Gasteiger charge is 2.17. The van der Waals surface area contributed by atoms with E-state index in [4.69, 9.17) is 0 Å². The number of alkyl halides is 2. The van der Waals surface area contributed by atoms with Gasteiger partial charge in [0.15, 0.2) is 11.6 Å². The van der Waals surface area contributed by atoms with Crippen LogP contribution < -0.4 is 4.74 Å². The van der Waals surface area contributed by atoms with Gasteiger partial charge in [0.1, 0.15) is 5.75 Å². The summed E-state index contributed by atoms with van der Waals surface area (Å²) in [5, 5.41) is 0. The molecule has 2 aromatic rings. The van der Waals surface area contributed by atoms with E-state index in [2.05, 4.69) is 4.74 Å². The second-order valence-corrected chi connectivity index (χ2v) is 3.88. The lowest BCUT2D eigenvalue weighted by atomic mass is 10.0. The van der Waals surface area contributed by atoms with Crippen molar-refractivity contribution in [1.29, 1.82) is 0 Å². The van der Waals surface area contributed by atoms with Crippen molar-refractivity contribution in [3.05, 3.63) is 65.2 Å². The zero-order valence-corrected chi connectivity index (χ0v) is 9.75. The van der Waals surface area contributed by atoms with E-state index in [1.807, 2.05) is 0 Å². The van der Waals surface area contributed by atoms with Crippen LogP contribution in [-0.4, -0.2) is 6.61 Å². The zero-order valence-electron chi connectivity index (χ0n) is 9.75. The van der Waals surface area contributed by atoms with Crippen LogP contribution in [0.3, 0.4) is 0 Å². The number of benzene rings is 2. The van der Waals surface area contributed by atoms with Crippen LogP contribution in [0.1, 0.15) is 11.1 Å². The molecule has 1 nitrogen and oxygen atoms in total. The van der Waals surface area contributed by atoms with Crippen molar-refractivity contribution in [3.63, 3.8) is 0 Å². The molecule has 2 rings (SSSR count). The van der Waals surface area contributed by atoms with Crippen molar-refractivity contribution in [2.45, 2.75) is 13.0 Å². The van der Waals surface area contributed by atoms with E-state index in [0.717, 1.165) is 12.1 Å². The minimum absolute atomic E-state index is 0.0213. The summed E-state index contributed by atoms with van der Waals surface area (Å²) in [6.07, 6.45) is -0.0213. The Kier molecular flexibility index (Phi) is 4.04. The molecular weight excluding hydrogens is 260 g/mol. The van der Waals surface area contributed by atoms with Crippen LogP contribution in [0.15, 0.2) is 42.5 Å². The Hall–Kier alpha value is -2.04. The summed E-state index contributed by atoms with van der Waals surface area (Å²) >= 11 is 0. The molecule has 0 aromatic heterocycles. The van der Waals surface area contributed by atoms with Gasteiger partial charge in [0.25, 0.3) is 0 Å². The van der Waals surface area contributed by atoms with Gasteiger partial charge in [-0.25, -0.2) is 8.78 Å². The summed E-state index contributed by atoms with van der Waals surface area (Å²) in [7, 11) is 0. The number of hydrogen-bond donors (Lipinski definition) is 0. The van der Waals surface area contributed by atoms with Gasteiger partial charge in [-0.2, -0.15) is 8.78 Å². The summed E-state index contributed by atoms with van der Waals surface area (Å²) < 4.78 is 55.6. The second-order valence-electron chi connectivity index (χ2n) is 3.88. The third-order valence-electron chi connectivity index (χ3n) is 2.59. The monoisotopic (exact) mass is 270 g/mol. The maximum Gasteiger partial charge on any atom is 0.387 e. The average Bonchev–Trinajstić information content (AvgIpc) is 2.39. The lowest BCUT2D eigenvalue weighted by Gasteiger charge is -2.12. The first kappa shape index (κ1) is 13.4. The van der Waals surface area contributed by atoms with E-state index in [0.29, 0.717) is 5.56 Å². The molecular formula is C14H10F4O. The molecule has 0 saturated carbocycles. The fourth-order valence-electron chi connectivity index (χ4n) is 1.75. The fraction of sp³-hybridized carbons (Fsp3) is 0.143. The molecule has 0 amide bonds. The standard InChI is InChI=1S/C14H10F4O/c15-11-6-7-12(19-14(17)18)10(13(11)16)8-9-4-2-1-3-5-9/h1-7,14H,8H2. The van der Waals surface area contributed by atoms with E-state index in [1.54, 1.807) is 30.3 Å². The Labute approximate surface area is 107 Å². The molecule has 0 N–H and O–H groups in total. The highest BCUT2D eigenvalue weighted by molar-refractivity contribution is 5.39. The first-order chi connectivity index (χ1) is 9.08. The van der Waals surface area contributed by atoms with Gasteiger partial charge in [0.05, 0.1) is 0 Å². The quantitative estimate of drug-likeness (QED) is 0.758. The van der Waals surface area contributed by atoms with Crippen molar-refractivity contribution < 1.29 is 22.3 Å². The molecule has 0 saturated heterocycles. The van der Waals surface area contributed by atoms with Gasteiger partial charge in [-0.05, 0) is 17.7 Å². The van der Waals surface area contributed by atoms with Crippen molar-refractivity contribution in [3.8, 4) is 5.75 Å². The van der Waals surface area contributed by atoms with Crippen LogP contribution in [0, 0.1) is 11.6 Å². The molecule has 0 heterocycles. The van der Waals surface area contributed by atoms with Crippen LogP contribution in [0.25, 0.3) is 0 Å². The van der Waals surface area contributed by atoms with Gasteiger partial charge in [0, 0.05) is 12.0 Å². The lowest BCUT2D eigenvalue weighted by Crippen LogP contribution is -2.07. The number of halogens is 4. The van der Waals surface area contributed by atoms with Crippen LogP contribution in [0.2, 0.25) is 0 Å². The van der Waals surface area contributed by atoms with Crippen LogP contribution >= 0.6 is 0 Å². The number of hydrogen-bond acceptors (Lipinski definition) is 1. The predicted octanol–water partition coefficient (Wildman–Crippen LogP) is 4.16. The molecule has 2 aromatic carbocycles. The van der Waals surface area contributed by atoms with Crippen LogP contribution in [0.4, 0.5) is 17.6 Å². The van der Waals surface area contributed by atoms with E-state index >= 15 is 0 Å².